The number of benzene rings is 2. The number of hydrogen-bond donors (Lipinski definition) is 1. The van der Waals surface area contributed by atoms with Crippen LogP contribution in [0, 0.1) is 17.0 Å². The molecule has 4 rings (SSSR count). The number of ketones is 1. The highest BCUT2D eigenvalue weighted by atomic mass is 32.1. The molecule has 10 nitrogen and oxygen atoms in total. The van der Waals surface area contributed by atoms with Crippen LogP contribution in [0.15, 0.2) is 65.5 Å². The maximum absolute atomic E-state index is 12.9. The van der Waals surface area contributed by atoms with Crippen molar-refractivity contribution in [2.45, 2.75) is 13.8 Å². The van der Waals surface area contributed by atoms with Crippen LogP contribution in [0.2, 0.25) is 0 Å². The van der Waals surface area contributed by atoms with E-state index in [1.165, 1.54) is 35.9 Å². The summed E-state index contributed by atoms with van der Waals surface area (Å²) in [6, 6.07) is 16.1. The van der Waals surface area contributed by atoms with Crippen molar-refractivity contribution in [2.24, 2.45) is 0 Å². The van der Waals surface area contributed by atoms with Crippen molar-refractivity contribution in [3.05, 3.63) is 97.3 Å². The van der Waals surface area contributed by atoms with Crippen LogP contribution < -0.4 is 10.7 Å². The zero-order valence-corrected chi connectivity index (χ0v) is 18.8. The van der Waals surface area contributed by atoms with Gasteiger partial charge in [0.15, 0.2) is 16.6 Å². The molecule has 170 valence electrons. The summed E-state index contributed by atoms with van der Waals surface area (Å²) in [5.74, 6) is -1.06. The van der Waals surface area contributed by atoms with E-state index in [4.69, 9.17) is 0 Å². The Bertz CT molecular complexity index is 1490. The Hall–Kier alpha value is -4.51. The summed E-state index contributed by atoms with van der Waals surface area (Å²) >= 11 is 0.983. The first-order chi connectivity index (χ1) is 16.3. The van der Waals surface area contributed by atoms with Crippen molar-refractivity contribution in [1.82, 2.24) is 14.8 Å². The Labute approximate surface area is 196 Å². The van der Waals surface area contributed by atoms with Crippen molar-refractivity contribution in [2.75, 3.05) is 5.32 Å². The van der Waals surface area contributed by atoms with Gasteiger partial charge in [-0.3, -0.25) is 29.8 Å². The number of nitro groups is 1. The van der Waals surface area contributed by atoms with E-state index in [9.17, 15) is 24.5 Å². The second kappa shape index (κ2) is 9.16. The van der Waals surface area contributed by atoms with E-state index in [2.05, 4.69) is 15.4 Å². The van der Waals surface area contributed by atoms with Crippen LogP contribution >= 0.6 is 11.3 Å². The SMILES string of the molecule is CC(=O)c1sc(NC(=O)c2nn(-c3ccccc3[N+](=O)[O-])c(C)cc2=O)nc1-c1ccccc1. The van der Waals surface area contributed by atoms with Crippen LogP contribution in [0.25, 0.3) is 16.9 Å². The lowest BCUT2D eigenvalue weighted by atomic mass is 10.1. The zero-order chi connectivity index (χ0) is 24.4. The first-order valence-electron chi connectivity index (χ1n) is 9.99. The Morgan fingerprint density at radius 2 is 1.76 bits per heavy atom. The lowest BCUT2D eigenvalue weighted by Gasteiger charge is -2.11. The van der Waals surface area contributed by atoms with Gasteiger partial charge in [-0.25, -0.2) is 9.67 Å². The van der Waals surface area contributed by atoms with Crippen molar-refractivity contribution in [1.29, 1.82) is 0 Å². The van der Waals surface area contributed by atoms with Crippen LogP contribution in [0.1, 0.15) is 32.8 Å². The molecule has 1 N–H and O–H groups in total. The molecule has 2 heterocycles. The molecule has 0 bridgehead atoms. The lowest BCUT2D eigenvalue weighted by molar-refractivity contribution is -0.384. The monoisotopic (exact) mass is 475 g/mol. The van der Waals surface area contributed by atoms with Crippen molar-refractivity contribution >= 4 is 33.8 Å². The van der Waals surface area contributed by atoms with E-state index in [-0.39, 0.29) is 22.3 Å². The van der Waals surface area contributed by atoms with Gasteiger partial charge in [-0.2, -0.15) is 5.10 Å². The summed E-state index contributed by atoms with van der Waals surface area (Å²) in [5.41, 5.74) is 0.195. The minimum atomic E-state index is -0.846. The molecular formula is C23H17N5O5S. The molecule has 2 aromatic carbocycles. The van der Waals surface area contributed by atoms with Crippen LogP contribution in [-0.4, -0.2) is 31.4 Å². The number of hydrogen-bond acceptors (Lipinski definition) is 8. The Kier molecular flexibility index (Phi) is 6.11. The third-order valence-corrected chi connectivity index (χ3v) is 5.92. The molecule has 0 radical (unpaired) electrons. The van der Waals surface area contributed by atoms with Crippen molar-refractivity contribution in [3.8, 4) is 16.9 Å². The molecule has 0 unspecified atom stereocenters. The van der Waals surface area contributed by atoms with Gasteiger partial charge in [0.2, 0.25) is 5.43 Å². The number of para-hydroxylation sites is 2. The van der Waals surface area contributed by atoms with E-state index >= 15 is 0 Å². The topological polar surface area (TPSA) is 137 Å². The number of aromatic nitrogens is 3. The predicted molar refractivity (Wildman–Crippen MR) is 127 cm³/mol. The number of rotatable bonds is 6. The van der Waals surface area contributed by atoms with Gasteiger partial charge in [0.1, 0.15) is 5.69 Å². The highest BCUT2D eigenvalue weighted by Crippen LogP contribution is 2.31. The summed E-state index contributed by atoms with van der Waals surface area (Å²) in [7, 11) is 0. The highest BCUT2D eigenvalue weighted by Gasteiger charge is 2.22. The van der Waals surface area contributed by atoms with Gasteiger partial charge in [0.25, 0.3) is 11.6 Å². The quantitative estimate of drug-likeness (QED) is 0.252. The van der Waals surface area contributed by atoms with Gasteiger partial charge < -0.3 is 0 Å². The smallest absolute Gasteiger partial charge is 0.294 e. The zero-order valence-electron chi connectivity index (χ0n) is 18.0. The third-order valence-electron chi connectivity index (χ3n) is 4.84. The van der Waals surface area contributed by atoms with Gasteiger partial charge in [-0.1, -0.05) is 53.8 Å². The molecule has 1 amide bonds. The number of nitro benzene ring substituents is 1. The van der Waals surface area contributed by atoms with Crippen LogP contribution in [0.5, 0.6) is 0 Å². The molecule has 4 aromatic rings. The molecule has 2 aromatic heterocycles. The number of thiazole rings is 1. The average Bonchev–Trinajstić information content (AvgIpc) is 3.24. The molecule has 0 aliphatic carbocycles. The average molecular weight is 475 g/mol. The molecule has 0 saturated heterocycles. The molecule has 0 fully saturated rings. The van der Waals surface area contributed by atoms with E-state index < -0.39 is 22.0 Å². The largest absolute Gasteiger partial charge is 0.296 e. The molecule has 0 atom stereocenters. The summed E-state index contributed by atoms with van der Waals surface area (Å²) < 4.78 is 1.17. The Balaban J connectivity index is 1.73. The molecule has 11 heteroatoms. The normalized spacial score (nSPS) is 10.6. The van der Waals surface area contributed by atoms with E-state index in [1.54, 1.807) is 37.3 Å². The molecule has 0 saturated carbocycles. The molecular weight excluding hydrogens is 458 g/mol. The third kappa shape index (κ3) is 4.36. The number of carbonyl (C=O) groups excluding carboxylic acids is 2. The first kappa shape index (κ1) is 22.7. The minimum Gasteiger partial charge on any atom is -0.296 e. The predicted octanol–water partition coefficient (Wildman–Crippen LogP) is 4.03. The van der Waals surface area contributed by atoms with E-state index in [1.807, 2.05) is 6.07 Å². The Morgan fingerprint density at radius 1 is 1.09 bits per heavy atom. The number of nitrogens with one attached hydrogen (secondary N) is 1. The summed E-state index contributed by atoms with van der Waals surface area (Å²) in [6.07, 6.45) is 0. The number of aryl methyl sites for hydroxylation is 1. The van der Waals surface area contributed by atoms with Crippen molar-refractivity contribution in [3.63, 3.8) is 0 Å². The van der Waals surface area contributed by atoms with E-state index in [0.29, 0.717) is 21.8 Å². The van der Waals surface area contributed by atoms with Crippen LogP contribution in [0.3, 0.4) is 0 Å². The number of anilines is 1. The number of Topliss-reactive ketones (excluding diaryl/α,β-unsaturated/α-hetero) is 1. The second-order valence-electron chi connectivity index (χ2n) is 7.23. The maximum Gasteiger partial charge on any atom is 0.294 e. The van der Waals surface area contributed by atoms with Gasteiger partial charge in [0, 0.05) is 30.3 Å². The standard InChI is InChI=1S/C23H17N5O5S/c1-13-12-18(30)20(26-27(13)16-10-6-7-11-17(16)28(32)33)22(31)25-23-24-19(21(34-23)14(2)29)15-8-4-3-5-9-15/h3-12H,1-2H3,(H,24,25,31). The molecule has 0 spiro atoms. The number of amides is 1. The van der Waals surface area contributed by atoms with Gasteiger partial charge in [-0.05, 0) is 13.0 Å². The fourth-order valence-corrected chi connectivity index (χ4v) is 4.18. The van der Waals surface area contributed by atoms with Crippen molar-refractivity contribution < 1.29 is 14.5 Å². The summed E-state index contributed by atoms with van der Waals surface area (Å²) in [4.78, 5) is 53.2. The molecule has 34 heavy (non-hydrogen) atoms. The summed E-state index contributed by atoms with van der Waals surface area (Å²) in [5, 5.41) is 18.2. The fourth-order valence-electron chi connectivity index (χ4n) is 3.31. The van der Waals surface area contributed by atoms with Gasteiger partial charge >= 0.3 is 0 Å². The molecule has 0 aliphatic heterocycles. The van der Waals surface area contributed by atoms with E-state index in [0.717, 1.165) is 11.3 Å². The number of nitrogens with zero attached hydrogens (tertiary/aromatic N) is 4. The maximum atomic E-state index is 12.9. The minimum absolute atomic E-state index is 0.110. The van der Waals surface area contributed by atoms with Crippen LogP contribution in [-0.2, 0) is 0 Å². The lowest BCUT2D eigenvalue weighted by Crippen LogP contribution is -2.27. The molecule has 0 aliphatic rings. The number of carbonyl (C=O) groups is 2. The van der Waals surface area contributed by atoms with Gasteiger partial charge in [-0.15, -0.1) is 0 Å². The fraction of sp³-hybridized carbons (Fsp3) is 0.0870. The second-order valence-corrected chi connectivity index (χ2v) is 8.23. The van der Waals surface area contributed by atoms with Gasteiger partial charge in [0.05, 0.1) is 15.5 Å². The first-order valence-corrected chi connectivity index (χ1v) is 10.8. The van der Waals surface area contributed by atoms with Crippen LogP contribution in [0.4, 0.5) is 10.8 Å². The highest BCUT2D eigenvalue weighted by molar-refractivity contribution is 7.18. The summed E-state index contributed by atoms with van der Waals surface area (Å²) in [6.45, 7) is 2.96. The Morgan fingerprint density at radius 3 is 2.44 bits per heavy atom.